The maximum atomic E-state index is 13.0. The van der Waals surface area contributed by atoms with Crippen LogP contribution in [-0.2, 0) is 24.9 Å². The Labute approximate surface area is 238 Å². The lowest BCUT2D eigenvalue weighted by molar-refractivity contribution is -0.150. The lowest BCUT2D eigenvalue weighted by Gasteiger charge is -2.49. The van der Waals surface area contributed by atoms with Crippen LogP contribution in [0.25, 0.3) is 0 Å². The Morgan fingerprint density at radius 1 is 1.41 bits per heavy atom. The lowest BCUT2D eigenvalue weighted by Crippen LogP contribution is -2.70. The number of thiazole rings is 1. The van der Waals surface area contributed by atoms with Crippen LogP contribution in [0.15, 0.2) is 44.5 Å². The van der Waals surface area contributed by atoms with Crippen LogP contribution in [0, 0.1) is 4.91 Å². The molecule has 4 atom stereocenters. The van der Waals surface area contributed by atoms with E-state index in [1.165, 1.54) is 40.7 Å². The molecule has 14 nitrogen and oxygen atoms in total. The van der Waals surface area contributed by atoms with E-state index in [2.05, 4.69) is 25.8 Å². The number of hydrogen-bond acceptors (Lipinski definition) is 14. The standard InChI is InChI=1S/C21H22N8O6S4/c22-13(25-8-30)7-36-4-9-3-24-2-1-11(9)39-12-6-37-19-15(18(32)29(19)16(12)20(33)34)27-17(31)14(28-35)10-5-38-21(23)26-10/h1-3,5,8,13-15,19H,4,6-7,22H2,(H2,23,26)(H,25,30)(H,27,31)(H,33,34)/t13?,14?,15-,19+/m1/s1. The van der Waals surface area contributed by atoms with Crippen molar-refractivity contribution >= 4 is 75.9 Å². The van der Waals surface area contributed by atoms with Gasteiger partial charge in [-0.2, -0.15) is 11.8 Å². The summed E-state index contributed by atoms with van der Waals surface area (Å²) in [5, 5.41) is 18.7. The van der Waals surface area contributed by atoms with Crippen LogP contribution in [0.4, 0.5) is 5.13 Å². The van der Waals surface area contributed by atoms with Gasteiger partial charge < -0.3 is 27.2 Å². The van der Waals surface area contributed by atoms with E-state index in [0.29, 0.717) is 22.8 Å². The number of amides is 3. The van der Waals surface area contributed by atoms with Gasteiger partial charge in [-0.25, -0.2) is 9.78 Å². The molecule has 7 N–H and O–H groups in total. The number of nitrogens with zero attached hydrogens (tertiary/aromatic N) is 4. The summed E-state index contributed by atoms with van der Waals surface area (Å²) in [5.74, 6) is -1.46. The SMILES string of the molecule is Nc1nc(C(N=O)C(=O)N[C@@H]2C(=O)N3C(C(=O)O)=C(Sc4ccncc4CSCC(N)NC=O)CS[C@@H]23)cs1. The number of pyridine rings is 1. The van der Waals surface area contributed by atoms with Crippen molar-refractivity contribution in [3.63, 3.8) is 0 Å². The van der Waals surface area contributed by atoms with Crippen LogP contribution < -0.4 is 22.1 Å². The number of aromatic nitrogens is 2. The van der Waals surface area contributed by atoms with Gasteiger partial charge in [-0.3, -0.25) is 24.3 Å². The summed E-state index contributed by atoms with van der Waals surface area (Å²) in [6, 6.07) is -0.756. The molecule has 2 aliphatic rings. The van der Waals surface area contributed by atoms with E-state index in [1.807, 2.05) is 0 Å². The molecule has 2 aromatic heterocycles. The molecule has 4 heterocycles. The van der Waals surface area contributed by atoms with E-state index in [4.69, 9.17) is 11.5 Å². The summed E-state index contributed by atoms with van der Waals surface area (Å²) < 4.78 is 0. The fraction of sp³-hybridized carbons (Fsp3) is 0.333. The fourth-order valence-corrected chi connectivity index (χ4v) is 7.91. The largest absolute Gasteiger partial charge is 0.477 e. The second-order valence-electron chi connectivity index (χ2n) is 8.08. The molecule has 0 bridgehead atoms. The van der Waals surface area contributed by atoms with Crippen LogP contribution in [-0.4, -0.2) is 73.3 Å². The third kappa shape index (κ3) is 6.35. The average molecular weight is 611 g/mol. The van der Waals surface area contributed by atoms with Gasteiger partial charge in [0.15, 0.2) is 5.13 Å². The van der Waals surface area contributed by atoms with Crippen LogP contribution in [0.1, 0.15) is 17.3 Å². The van der Waals surface area contributed by atoms with E-state index >= 15 is 0 Å². The number of rotatable bonds is 13. The van der Waals surface area contributed by atoms with Crippen molar-refractivity contribution in [2.45, 2.75) is 34.3 Å². The number of aliphatic carboxylic acids is 1. The molecule has 0 aromatic carbocycles. The van der Waals surface area contributed by atoms with Gasteiger partial charge in [0, 0.05) is 44.8 Å². The van der Waals surface area contributed by atoms with E-state index < -0.39 is 41.4 Å². The second-order valence-corrected chi connectivity index (χ2v) is 12.2. The van der Waals surface area contributed by atoms with Crippen LogP contribution in [0.3, 0.4) is 0 Å². The van der Waals surface area contributed by atoms with Crippen molar-refractivity contribution in [2.75, 3.05) is 17.2 Å². The molecule has 1 fully saturated rings. The van der Waals surface area contributed by atoms with Crippen molar-refractivity contribution in [3.05, 3.63) is 50.6 Å². The average Bonchev–Trinajstić information content (AvgIpc) is 3.34. The molecular formula is C21H22N8O6S4. The Kier molecular flexibility index (Phi) is 9.44. The van der Waals surface area contributed by atoms with Crippen LogP contribution >= 0.6 is 46.6 Å². The second kappa shape index (κ2) is 12.8. The third-order valence-electron chi connectivity index (χ3n) is 5.54. The molecule has 1 saturated heterocycles. The van der Waals surface area contributed by atoms with Gasteiger partial charge >= 0.3 is 5.97 Å². The number of nitrogens with two attached hydrogens (primary N) is 2. The number of nitrogen functional groups attached to an aromatic ring is 1. The van der Waals surface area contributed by atoms with Crippen molar-refractivity contribution in [3.8, 4) is 0 Å². The summed E-state index contributed by atoms with van der Waals surface area (Å²) in [5.41, 5.74) is 12.1. The molecule has 2 unspecified atom stereocenters. The van der Waals surface area contributed by atoms with Gasteiger partial charge in [0.25, 0.3) is 11.8 Å². The first kappa shape index (κ1) is 28.8. The molecule has 2 aliphatic heterocycles. The Balaban J connectivity index is 1.47. The first-order valence-electron chi connectivity index (χ1n) is 11.1. The number of fused-ring (bicyclic) bond motifs is 1. The molecule has 0 radical (unpaired) electrons. The molecule has 18 heteroatoms. The summed E-state index contributed by atoms with van der Waals surface area (Å²) in [6.07, 6.45) is 3.29. The Hall–Kier alpha value is -3.19. The number of nitroso groups, excluding NO2 is 1. The van der Waals surface area contributed by atoms with Crippen LogP contribution in [0.2, 0.25) is 0 Å². The van der Waals surface area contributed by atoms with Gasteiger partial charge in [0.2, 0.25) is 12.5 Å². The summed E-state index contributed by atoms with van der Waals surface area (Å²) >= 11 is 5.04. The number of thioether (sulfide) groups is 3. The normalized spacial score (nSPS) is 19.9. The highest BCUT2D eigenvalue weighted by Crippen LogP contribution is 2.46. The smallest absolute Gasteiger partial charge is 0.353 e. The number of carboxylic acid groups (broad SMARTS) is 1. The maximum Gasteiger partial charge on any atom is 0.353 e. The molecule has 39 heavy (non-hydrogen) atoms. The van der Waals surface area contributed by atoms with Crippen molar-refractivity contribution in [1.82, 2.24) is 25.5 Å². The number of carbonyl (C=O) groups excluding carboxylic acids is 3. The summed E-state index contributed by atoms with van der Waals surface area (Å²) in [7, 11) is 0. The number of β-lactam (4-membered cyclic amide) rings is 1. The number of anilines is 1. The fourth-order valence-electron chi connectivity index (χ4n) is 3.75. The van der Waals surface area contributed by atoms with Gasteiger partial charge in [-0.15, -0.1) is 28.0 Å². The van der Waals surface area contributed by atoms with E-state index in [0.717, 1.165) is 26.7 Å². The molecular weight excluding hydrogens is 589 g/mol. The Morgan fingerprint density at radius 2 is 2.21 bits per heavy atom. The number of hydrogen-bond donors (Lipinski definition) is 5. The first-order chi connectivity index (χ1) is 18.7. The monoisotopic (exact) mass is 610 g/mol. The molecule has 206 valence electrons. The van der Waals surface area contributed by atoms with Gasteiger partial charge in [0.05, 0.1) is 11.9 Å². The number of carboxylic acids is 1. The maximum absolute atomic E-state index is 13.0. The zero-order valence-electron chi connectivity index (χ0n) is 19.9. The molecule has 3 amide bonds. The Bertz CT molecular complexity index is 1320. The lowest BCUT2D eigenvalue weighted by atomic mass is 10.0. The quantitative estimate of drug-likeness (QED) is 0.0912. The highest BCUT2D eigenvalue weighted by atomic mass is 32.2. The number of nitrogens with one attached hydrogen (secondary N) is 2. The van der Waals surface area contributed by atoms with Crippen molar-refractivity contribution < 1.29 is 24.3 Å². The zero-order chi connectivity index (χ0) is 28.1. The van der Waals surface area contributed by atoms with Crippen LogP contribution in [0.5, 0.6) is 0 Å². The first-order valence-corrected chi connectivity index (χ1v) is 15.0. The van der Waals surface area contributed by atoms with E-state index in [9.17, 15) is 29.2 Å². The molecule has 0 spiro atoms. The molecule has 0 saturated carbocycles. The van der Waals surface area contributed by atoms with E-state index in [-0.39, 0.29) is 22.3 Å². The minimum absolute atomic E-state index is 0.0723. The van der Waals surface area contributed by atoms with Gasteiger partial charge in [0.1, 0.15) is 17.1 Å². The minimum atomic E-state index is -1.48. The Morgan fingerprint density at radius 3 is 2.87 bits per heavy atom. The van der Waals surface area contributed by atoms with Gasteiger partial charge in [-0.1, -0.05) is 11.8 Å². The highest BCUT2D eigenvalue weighted by Gasteiger charge is 2.54. The predicted molar refractivity (Wildman–Crippen MR) is 148 cm³/mol. The minimum Gasteiger partial charge on any atom is -0.477 e. The highest BCUT2D eigenvalue weighted by molar-refractivity contribution is 8.06. The molecule has 4 rings (SSSR count). The number of carbonyl (C=O) groups is 4. The third-order valence-corrected chi connectivity index (χ3v) is 10.0. The zero-order valence-corrected chi connectivity index (χ0v) is 23.1. The van der Waals surface area contributed by atoms with Gasteiger partial charge in [-0.05, 0) is 16.8 Å². The summed E-state index contributed by atoms with van der Waals surface area (Å²) in [4.78, 5) is 70.2. The molecule has 2 aromatic rings. The topological polar surface area (TPSA) is 223 Å². The predicted octanol–water partition coefficient (Wildman–Crippen LogP) is 0.680. The van der Waals surface area contributed by atoms with E-state index in [1.54, 1.807) is 18.5 Å². The summed E-state index contributed by atoms with van der Waals surface area (Å²) in [6.45, 7) is 0. The molecule has 0 aliphatic carbocycles. The van der Waals surface area contributed by atoms with Crippen molar-refractivity contribution in [1.29, 1.82) is 0 Å². The van der Waals surface area contributed by atoms with Crippen molar-refractivity contribution in [2.24, 2.45) is 10.9 Å².